The summed E-state index contributed by atoms with van der Waals surface area (Å²) < 4.78 is 3.58. The highest BCUT2D eigenvalue weighted by molar-refractivity contribution is 7.22. The molecule has 0 aliphatic heterocycles. The molecular formula is C51H33N3S. The SMILES string of the molecule is c1ccc(-c2nc3c(-c4ccc(N(c5ccccc5)c5ccc6c(c5)c5ccccc5n6-c5ccccc5)cc4)cc4c5ccccc5ccc4c3s2)cc1. The van der Waals surface area contributed by atoms with Gasteiger partial charge in [0.05, 0.1) is 21.3 Å². The van der Waals surface area contributed by atoms with Gasteiger partial charge in [0.2, 0.25) is 0 Å². The average molecular weight is 720 g/mol. The molecule has 9 aromatic carbocycles. The van der Waals surface area contributed by atoms with Gasteiger partial charge in [0.25, 0.3) is 0 Å². The molecule has 55 heavy (non-hydrogen) atoms. The molecule has 2 heterocycles. The predicted molar refractivity (Wildman–Crippen MR) is 235 cm³/mol. The first kappa shape index (κ1) is 31.5. The first-order valence-electron chi connectivity index (χ1n) is 18.6. The van der Waals surface area contributed by atoms with Gasteiger partial charge in [-0.3, -0.25) is 0 Å². The Morgan fingerprint density at radius 3 is 1.85 bits per heavy atom. The molecule has 258 valence electrons. The van der Waals surface area contributed by atoms with Crippen molar-refractivity contribution in [2.24, 2.45) is 0 Å². The highest BCUT2D eigenvalue weighted by Gasteiger charge is 2.20. The zero-order chi connectivity index (χ0) is 36.3. The smallest absolute Gasteiger partial charge is 0.124 e. The summed E-state index contributed by atoms with van der Waals surface area (Å²) in [6.07, 6.45) is 0. The van der Waals surface area contributed by atoms with E-state index in [-0.39, 0.29) is 0 Å². The van der Waals surface area contributed by atoms with Gasteiger partial charge in [-0.25, -0.2) is 4.98 Å². The van der Waals surface area contributed by atoms with E-state index in [0.29, 0.717) is 0 Å². The lowest BCUT2D eigenvalue weighted by Gasteiger charge is -2.26. The van der Waals surface area contributed by atoms with E-state index in [2.05, 4.69) is 210 Å². The quantitative estimate of drug-likeness (QED) is 0.160. The van der Waals surface area contributed by atoms with Crippen molar-refractivity contribution >= 4 is 82.0 Å². The Balaban J connectivity index is 1.08. The molecule has 4 heteroatoms. The number of thiazole rings is 1. The number of hydrogen-bond acceptors (Lipinski definition) is 3. The number of fused-ring (bicyclic) bond motifs is 8. The van der Waals surface area contributed by atoms with E-state index < -0.39 is 0 Å². The van der Waals surface area contributed by atoms with E-state index in [1.54, 1.807) is 11.3 Å². The van der Waals surface area contributed by atoms with Gasteiger partial charge in [0.15, 0.2) is 0 Å². The molecular weight excluding hydrogens is 687 g/mol. The summed E-state index contributed by atoms with van der Waals surface area (Å²) in [6.45, 7) is 0. The molecule has 0 aliphatic rings. The van der Waals surface area contributed by atoms with Crippen LogP contribution in [0.5, 0.6) is 0 Å². The van der Waals surface area contributed by atoms with Crippen LogP contribution in [0.4, 0.5) is 17.1 Å². The van der Waals surface area contributed by atoms with Crippen molar-refractivity contribution in [3.63, 3.8) is 0 Å². The fourth-order valence-electron chi connectivity index (χ4n) is 8.24. The average Bonchev–Trinajstić information content (AvgIpc) is 3.85. The molecule has 0 spiro atoms. The van der Waals surface area contributed by atoms with Gasteiger partial charge in [0.1, 0.15) is 5.01 Å². The monoisotopic (exact) mass is 719 g/mol. The molecule has 0 atom stereocenters. The highest BCUT2D eigenvalue weighted by atomic mass is 32.1. The minimum absolute atomic E-state index is 1.04. The molecule has 2 aromatic heterocycles. The summed E-state index contributed by atoms with van der Waals surface area (Å²) in [6, 6.07) is 72.0. The second-order valence-corrected chi connectivity index (χ2v) is 15.0. The zero-order valence-corrected chi connectivity index (χ0v) is 30.6. The van der Waals surface area contributed by atoms with Crippen LogP contribution in [-0.4, -0.2) is 9.55 Å². The predicted octanol–water partition coefficient (Wildman–Crippen LogP) is 14.5. The Morgan fingerprint density at radius 1 is 0.418 bits per heavy atom. The van der Waals surface area contributed by atoms with Crippen molar-refractivity contribution in [1.29, 1.82) is 0 Å². The second-order valence-electron chi connectivity index (χ2n) is 14.0. The highest BCUT2D eigenvalue weighted by Crippen LogP contribution is 2.44. The van der Waals surface area contributed by atoms with Crippen molar-refractivity contribution in [3.8, 4) is 27.4 Å². The Kier molecular flexibility index (Phi) is 7.35. The minimum Gasteiger partial charge on any atom is -0.310 e. The van der Waals surface area contributed by atoms with E-state index >= 15 is 0 Å². The molecule has 0 fully saturated rings. The number of hydrogen-bond donors (Lipinski definition) is 0. The van der Waals surface area contributed by atoms with Gasteiger partial charge >= 0.3 is 0 Å². The summed E-state index contributed by atoms with van der Waals surface area (Å²) in [4.78, 5) is 7.68. The third-order valence-electron chi connectivity index (χ3n) is 10.8. The van der Waals surface area contributed by atoms with Crippen molar-refractivity contribution in [1.82, 2.24) is 9.55 Å². The maximum atomic E-state index is 5.33. The molecule has 0 bridgehead atoms. The first-order valence-corrected chi connectivity index (χ1v) is 19.4. The molecule has 0 amide bonds. The number of rotatable bonds is 6. The topological polar surface area (TPSA) is 21.1 Å². The molecule has 11 aromatic rings. The van der Waals surface area contributed by atoms with Crippen molar-refractivity contribution < 1.29 is 0 Å². The van der Waals surface area contributed by atoms with E-state index in [4.69, 9.17) is 4.98 Å². The summed E-state index contributed by atoms with van der Waals surface area (Å²) >= 11 is 1.78. The normalized spacial score (nSPS) is 11.6. The maximum Gasteiger partial charge on any atom is 0.124 e. The minimum atomic E-state index is 1.04. The van der Waals surface area contributed by atoms with Gasteiger partial charge in [-0.05, 0) is 88.5 Å². The lowest BCUT2D eigenvalue weighted by atomic mass is 9.96. The van der Waals surface area contributed by atoms with Crippen LogP contribution in [0.25, 0.3) is 81.0 Å². The number of para-hydroxylation sites is 3. The number of benzene rings is 9. The lowest BCUT2D eigenvalue weighted by Crippen LogP contribution is -2.09. The standard InChI is InChI=1S/C51H33N3S/c1-4-15-36(16-5-1)51-52-49-44(33-45-41-21-11-10-14-34(41)26-30-43(45)50(49)55-51)35-24-27-39(28-25-35)53(37-17-6-2-7-18-37)40-29-31-48-46(32-40)42-22-12-13-23-47(42)54(48)38-19-8-3-9-20-38/h1-33H. The van der Waals surface area contributed by atoms with Gasteiger partial charge in [-0.2, -0.15) is 0 Å². The Labute approximate surface area is 322 Å². The molecule has 0 N–H and O–H groups in total. The Bertz CT molecular complexity index is 3180. The van der Waals surface area contributed by atoms with Crippen LogP contribution < -0.4 is 4.90 Å². The van der Waals surface area contributed by atoms with Crippen LogP contribution in [-0.2, 0) is 0 Å². The molecule has 0 radical (unpaired) electrons. The van der Waals surface area contributed by atoms with Gasteiger partial charge in [0, 0.05) is 50.0 Å². The number of nitrogens with zero attached hydrogens (tertiary/aromatic N) is 3. The zero-order valence-electron chi connectivity index (χ0n) is 29.8. The van der Waals surface area contributed by atoms with Crippen molar-refractivity contribution in [2.75, 3.05) is 4.90 Å². The molecule has 3 nitrogen and oxygen atoms in total. The third kappa shape index (κ3) is 5.22. The summed E-state index contributed by atoms with van der Waals surface area (Å²) in [5, 5.41) is 8.48. The summed E-state index contributed by atoms with van der Waals surface area (Å²) in [7, 11) is 0. The van der Waals surface area contributed by atoms with E-state index in [1.165, 1.54) is 48.1 Å². The molecule has 0 saturated heterocycles. The number of anilines is 3. The maximum absolute atomic E-state index is 5.33. The molecule has 0 saturated carbocycles. The van der Waals surface area contributed by atoms with E-state index in [9.17, 15) is 0 Å². The summed E-state index contributed by atoms with van der Waals surface area (Å²) in [5.74, 6) is 0. The first-order chi connectivity index (χ1) is 27.3. The van der Waals surface area contributed by atoms with Crippen LogP contribution in [0.15, 0.2) is 200 Å². The second kappa shape index (κ2) is 12.8. The van der Waals surface area contributed by atoms with Crippen LogP contribution in [0.2, 0.25) is 0 Å². The van der Waals surface area contributed by atoms with Crippen molar-refractivity contribution in [3.05, 3.63) is 200 Å². The van der Waals surface area contributed by atoms with Gasteiger partial charge in [-0.1, -0.05) is 133 Å². The summed E-state index contributed by atoms with van der Waals surface area (Å²) in [5.41, 5.74) is 11.3. The number of aromatic nitrogens is 2. The van der Waals surface area contributed by atoms with Crippen molar-refractivity contribution in [2.45, 2.75) is 0 Å². The fraction of sp³-hybridized carbons (Fsp3) is 0. The Morgan fingerprint density at radius 2 is 1.05 bits per heavy atom. The van der Waals surface area contributed by atoms with E-state index in [0.717, 1.165) is 50.0 Å². The van der Waals surface area contributed by atoms with Gasteiger partial charge < -0.3 is 9.47 Å². The molecule has 0 aliphatic carbocycles. The van der Waals surface area contributed by atoms with Crippen LogP contribution in [0.3, 0.4) is 0 Å². The van der Waals surface area contributed by atoms with Crippen LogP contribution in [0.1, 0.15) is 0 Å². The molecule has 11 rings (SSSR count). The largest absolute Gasteiger partial charge is 0.310 e. The lowest BCUT2D eigenvalue weighted by molar-refractivity contribution is 1.18. The van der Waals surface area contributed by atoms with Crippen LogP contribution in [0, 0.1) is 0 Å². The Hall–Kier alpha value is -7.01. The van der Waals surface area contributed by atoms with Crippen LogP contribution >= 0.6 is 11.3 Å². The fourth-order valence-corrected chi connectivity index (χ4v) is 9.37. The molecule has 0 unspecified atom stereocenters. The van der Waals surface area contributed by atoms with Gasteiger partial charge in [-0.15, -0.1) is 11.3 Å². The third-order valence-corrected chi connectivity index (χ3v) is 11.9. The van der Waals surface area contributed by atoms with E-state index in [1.807, 2.05) is 0 Å².